The summed E-state index contributed by atoms with van der Waals surface area (Å²) in [4.78, 5) is 24.9. The molecule has 0 aromatic carbocycles. The number of allylic oxidation sites excluding steroid dienone is 1. The molecule has 4 bridgehead atoms. The van der Waals surface area contributed by atoms with Crippen molar-refractivity contribution in [2.24, 2.45) is 28.6 Å². The van der Waals surface area contributed by atoms with Crippen LogP contribution in [-0.4, -0.2) is 45.1 Å². The summed E-state index contributed by atoms with van der Waals surface area (Å²) in [6, 6.07) is 0. The first kappa shape index (κ1) is 15.6. The van der Waals surface area contributed by atoms with Crippen molar-refractivity contribution < 1.29 is 29.6 Å². The predicted molar refractivity (Wildman–Crippen MR) is 85.2 cm³/mol. The van der Waals surface area contributed by atoms with E-state index in [0.29, 0.717) is 31.3 Å². The minimum atomic E-state index is -1.24. The van der Waals surface area contributed by atoms with Gasteiger partial charge in [0.05, 0.1) is 11.5 Å². The Balaban J connectivity index is 1.75. The van der Waals surface area contributed by atoms with Crippen molar-refractivity contribution in [3.05, 3.63) is 23.8 Å². The zero-order valence-corrected chi connectivity index (χ0v) is 14.1. The van der Waals surface area contributed by atoms with Gasteiger partial charge in [0, 0.05) is 5.92 Å². The summed E-state index contributed by atoms with van der Waals surface area (Å²) in [5.74, 6) is -2.92. The monoisotopic (exact) mass is 346 g/mol. The molecule has 1 aliphatic heterocycles. The SMILES string of the molecule is C=C1C[C@]23C[C@@]1(O)CC[C@H]2C1=C[C@H]2OC(=O)[C@](C)([C@H]1[C@@H]3C(=O)O)[C@H]2O. The van der Waals surface area contributed by atoms with Crippen LogP contribution in [-0.2, 0) is 14.3 Å². The quantitative estimate of drug-likeness (QED) is 0.484. The molecular formula is C19H22O6. The zero-order valence-electron chi connectivity index (χ0n) is 14.1. The summed E-state index contributed by atoms with van der Waals surface area (Å²) in [7, 11) is 0. The van der Waals surface area contributed by atoms with Gasteiger partial charge in [-0.25, -0.2) is 0 Å². The Bertz CT molecular complexity index is 770. The number of esters is 1. The van der Waals surface area contributed by atoms with Crippen molar-refractivity contribution in [1.82, 2.24) is 0 Å². The number of aliphatic hydroxyl groups is 2. The molecule has 6 nitrogen and oxygen atoms in total. The zero-order chi connectivity index (χ0) is 17.9. The van der Waals surface area contributed by atoms with Crippen LogP contribution < -0.4 is 0 Å². The van der Waals surface area contributed by atoms with Crippen molar-refractivity contribution >= 4 is 11.9 Å². The average Bonchev–Trinajstić information content (AvgIpc) is 2.96. The van der Waals surface area contributed by atoms with E-state index in [1.54, 1.807) is 13.0 Å². The molecule has 0 radical (unpaired) electrons. The van der Waals surface area contributed by atoms with E-state index in [1.165, 1.54) is 0 Å². The molecule has 0 aromatic rings. The largest absolute Gasteiger partial charge is 0.481 e. The maximum absolute atomic E-state index is 12.6. The molecule has 5 aliphatic rings. The molecule has 1 heterocycles. The van der Waals surface area contributed by atoms with Crippen LogP contribution in [0.3, 0.4) is 0 Å². The highest BCUT2D eigenvalue weighted by atomic mass is 16.6. The summed E-state index contributed by atoms with van der Waals surface area (Å²) in [6.45, 7) is 5.66. The Kier molecular flexibility index (Phi) is 2.60. The van der Waals surface area contributed by atoms with Gasteiger partial charge in [0.1, 0.15) is 17.6 Å². The van der Waals surface area contributed by atoms with E-state index >= 15 is 0 Å². The highest BCUT2D eigenvalue weighted by Crippen LogP contribution is 2.74. The van der Waals surface area contributed by atoms with Crippen molar-refractivity contribution in [3.8, 4) is 0 Å². The first-order valence-electron chi connectivity index (χ1n) is 8.89. The van der Waals surface area contributed by atoms with Crippen LogP contribution in [0.5, 0.6) is 0 Å². The van der Waals surface area contributed by atoms with E-state index in [9.17, 15) is 24.9 Å². The summed E-state index contributed by atoms with van der Waals surface area (Å²) >= 11 is 0. The minimum Gasteiger partial charge on any atom is -0.481 e. The molecule has 25 heavy (non-hydrogen) atoms. The second-order valence-electron chi connectivity index (χ2n) is 8.87. The standard InChI is InChI=1S/C19H22O6/c1-8-6-18-7-19(8,24)4-3-10(18)9-5-11-14(20)17(2,16(23)25-11)12(9)13(18)15(21)22/h5,10-14,20,24H,1,3-4,6-7H2,2H3,(H,21,22)/t10-,11+,12+,13+,14-,17+,18-,19-/m0/s1. The first-order valence-corrected chi connectivity index (χ1v) is 8.89. The van der Waals surface area contributed by atoms with Gasteiger partial charge in [-0.15, -0.1) is 0 Å². The van der Waals surface area contributed by atoms with E-state index in [1.807, 2.05) is 0 Å². The number of hydrogen-bond acceptors (Lipinski definition) is 5. The molecule has 4 fully saturated rings. The Labute approximate surface area is 145 Å². The molecule has 3 saturated carbocycles. The van der Waals surface area contributed by atoms with Crippen LogP contribution >= 0.6 is 0 Å². The average molecular weight is 346 g/mol. The predicted octanol–water partition coefficient (Wildman–Crippen LogP) is 1.03. The molecule has 0 unspecified atom stereocenters. The van der Waals surface area contributed by atoms with Gasteiger partial charge in [-0.1, -0.05) is 12.2 Å². The molecule has 0 amide bonds. The van der Waals surface area contributed by atoms with E-state index in [4.69, 9.17) is 4.74 Å². The van der Waals surface area contributed by atoms with E-state index in [-0.39, 0.29) is 5.92 Å². The van der Waals surface area contributed by atoms with Crippen LogP contribution in [0.1, 0.15) is 32.6 Å². The first-order chi connectivity index (χ1) is 11.6. The van der Waals surface area contributed by atoms with E-state index in [0.717, 1.165) is 5.57 Å². The summed E-state index contributed by atoms with van der Waals surface area (Å²) in [5, 5.41) is 31.7. The summed E-state index contributed by atoms with van der Waals surface area (Å²) < 4.78 is 5.34. The van der Waals surface area contributed by atoms with Gasteiger partial charge < -0.3 is 20.1 Å². The van der Waals surface area contributed by atoms with Gasteiger partial charge in [0.2, 0.25) is 0 Å². The number of aliphatic hydroxyl groups excluding tert-OH is 1. The van der Waals surface area contributed by atoms with E-state index in [2.05, 4.69) is 6.58 Å². The second kappa shape index (κ2) is 4.18. The Morgan fingerprint density at radius 1 is 1.44 bits per heavy atom. The Morgan fingerprint density at radius 2 is 2.16 bits per heavy atom. The van der Waals surface area contributed by atoms with Crippen LogP contribution in [0.25, 0.3) is 0 Å². The second-order valence-corrected chi connectivity index (χ2v) is 8.87. The van der Waals surface area contributed by atoms with Gasteiger partial charge >= 0.3 is 11.9 Å². The highest BCUT2D eigenvalue weighted by molar-refractivity contribution is 5.85. The molecule has 3 N–H and O–H groups in total. The number of carboxylic acids is 1. The van der Waals surface area contributed by atoms with Gasteiger partial charge in [0.25, 0.3) is 0 Å². The lowest BCUT2D eigenvalue weighted by Crippen LogP contribution is -2.50. The van der Waals surface area contributed by atoms with E-state index < -0.39 is 52.4 Å². The van der Waals surface area contributed by atoms with Crippen LogP contribution in [0, 0.1) is 28.6 Å². The van der Waals surface area contributed by atoms with Crippen molar-refractivity contribution in [3.63, 3.8) is 0 Å². The summed E-state index contributed by atoms with van der Waals surface area (Å²) in [6.07, 6.45) is 2.14. The number of carbonyl (C=O) groups excluding carboxylic acids is 1. The lowest BCUT2D eigenvalue weighted by atomic mass is 9.61. The number of aliphatic carboxylic acids is 1. The molecule has 4 aliphatic carbocycles. The fourth-order valence-corrected chi connectivity index (χ4v) is 6.86. The maximum Gasteiger partial charge on any atom is 0.315 e. The normalized spacial score (nSPS) is 55.5. The lowest BCUT2D eigenvalue weighted by molar-refractivity contribution is -0.157. The number of fused-ring (bicyclic) bond motifs is 6. The molecule has 0 aromatic heterocycles. The molecule has 1 spiro atoms. The van der Waals surface area contributed by atoms with Gasteiger partial charge in [-0.05, 0) is 55.6 Å². The number of ether oxygens (including phenoxy) is 1. The summed E-state index contributed by atoms with van der Waals surface area (Å²) in [5.41, 5.74) is -1.23. The van der Waals surface area contributed by atoms with Gasteiger partial charge in [-0.2, -0.15) is 0 Å². The van der Waals surface area contributed by atoms with Crippen LogP contribution in [0.15, 0.2) is 23.8 Å². The smallest absolute Gasteiger partial charge is 0.315 e. The molecule has 6 heteroatoms. The molecule has 8 atom stereocenters. The van der Waals surface area contributed by atoms with Gasteiger partial charge in [0.15, 0.2) is 0 Å². The number of hydrogen-bond donors (Lipinski definition) is 3. The Hall–Kier alpha value is -1.66. The van der Waals surface area contributed by atoms with Crippen molar-refractivity contribution in [2.75, 3.05) is 0 Å². The molecular weight excluding hydrogens is 324 g/mol. The topological polar surface area (TPSA) is 104 Å². The molecule has 1 saturated heterocycles. The van der Waals surface area contributed by atoms with Crippen molar-refractivity contribution in [2.45, 2.75) is 50.4 Å². The third-order valence-electron chi connectivity index (χ3n) is 7.95. The molecule has 5 rings (SSSR count). The number of carbonyl (C=O) groups is 2. The lowest BCUT2D eigenvalue weighted by Gasteiger charge is -2.41. The van der Waals surface area contributed by atoms with Crippen molar-refractivity contribution in [1.29, 1.82) is 0 Å². The van der Waals surface area contributed by atoms with Crippen LogP contribution in [0.2, 0.25) is 0 Å². The number of rotatable bonds is 1. The molecule has 134 valence electrons. The third-order valence-corrected chi connectivity index (χ3v) is 7.95. The van der Waals surface area contributed by atoms with Gasteiger partial charge in [-0.3, -0.25) is 9.59 Å². The number of carboxylic acid groups (broad SMARTS) is 1. The third kappa shape index (κ3) is 1.47. The Morgan fingerprint density at radius 3 is 2.84 bits per heavy atom. The maximum atomic E-state index is 12.6. The fraction of sp³-hybridized carbons (Fsp3) is 0.684. The minimum absolute atomic E-state index is 0.0121. The fourth-order valence-electron chi connectivity index (χ4n) is 6.86. The van der Waals surface area contributed by atoms with Crippen LogP contribution in [0.4, 0.5) is 0 Å². The highest BCUT2D eigenvalue weighted by Gasteiger charge is 2.75.